The van der Waals surface area contributed by atoms with Crippen molar-refractivity contribution >= 4 is 40.0 Å². The van der Waals surface area contributed by atoms with Crippen molar-refractivity contribution in [3.63, 3.8) is 0 Å². The Morgan fingerprint density at radius 2 is 2.07 bits per heavy atom. The number of anilines is 1. The van der Waals surface area contributed by atoms with Crippen LogP contribution in [0, 0.1) is 6.92 Å². The fourth-order valence-electron chi connectivity index (χ4n) is 2.69. The average molecular weight is 429 g/mol. The molecule has 29 heavy (non-hydrogen) atoms. The normalized spacial score (nSPS) is 10.6. The smallest absolute Gasteiger partial charge is 0.341 e. The van der Waals surface area contributed by atoms with Gasteiger partial charge in [-0.25, -0.2) is 4.79 Å². The molecule has 0 aliphatic heterocycles. The molecule has 0 saturated heterocycles. The second-order valence-electron chi connectivity index (χ2n) is 5.98. The number of nitrogens with zero attached hydrogens (tertiary/aromatic N) is 3. The van der Waals surface area contributed by atoms with E-state index < -0.39 is 5.97 Å². The molecule has 9 heteroatoms. The molecule has 3 aromatic rings. The zero-order valence-electron chi connectivity index (χ0n) is 16.0. The molecule has 1 aromatic carbocycles. The molecule has 0 atom stereocenters. The maximum atomic E-state index is 12.5. The minimum absolute atomic E-state index is 0.133. The van der Waals surface area contributed by atoms with Crippen molar-refractivity contribution < 1.29 is 14.3 Å². The quantitative estimate of drug-likeness (QED) is 0.331. The molecular formula is C20H20N4O3S2. The fraction of sp³-hybridized carbons (Fsp3) is 0.200. The lowest BCUT2D eigenvalue weighted by atomic mass is 10.0. The van der Waals surface area contributed by atoms with Crippen LogP contribution in [0.25, 0.3) is 11.1 Å². The van der Waals surface area contributed by atoms with E-state index >= 15 is 0 Å². The third-order valence-electron chi connectivity index (χ3n) is 4.06. The number of carbonyl (C=O) groups is 2. The van der Waals surface area contributed by atoms with Gasteiger partial charge in [0.2, 0.25) is 5.91 Å². The summed E-state index contributed by atoms with van der Waals surface area (Å²) >= 11 is 2.57. The van der Waals surface area contributed by atoms with Gasteiger partial charge in [-0.3, -0.25) is 4.79 Å². The Balaban J connectivity index is 1.76. The van der Waals surface area contributed by atoms with Crippen molar-refractivity contribution in [1.29, 1.82) is 0 Å². The topological polar surface area (TPSA) is 86.1 Å². The van der Waals surface area contributed by atoms with Gasteiger partial charge in [-0.1, -0.05) is 48.2 Å². The van der Waals surface area contributed by atoms with Crippen molar-refractivity contribution in [1.82, 2.24) is 14.8 Å². The van der Waals surface area contributed by atoms with Gasteiger partial charge < -0.3 is 14.6 Å². The molecule has 0 saturated carbocycles. The number of nitrogens with one attached hydrogen (secondary N) is 1. The van der Waals surface area contributed by atoms with Crippen LogP contribution in [-0.2, 0) is 16.1 Å². The molecule has 0 aliphatic rings. The molecule has 0 spiro atoms. The summed E-state index contributed by atoms with van der Waals surface area (Å²) in [6.07, 6.45) is 1.75. The van der Waals surface area contributed by atoms with Crippen LogP contribution in [0.3, 0.4) is 0 Å². The van der Waals surface area contributed by atoms with Crippen LogP contribution >= 0.6 is 23.1 Å². The van der Waals surface area contributed by atoms with Crippen molar-refractivity contribution in [2.24, 2.45) is 0 Å². The van der Waals surface area contributed by atoms with E-state index in [4.69, 9.17) is 4.74 Å². The standard InChI is InChI=1S/C20H20N4O3S2/c1-4-10-24-13(2)22-23-20(24)29-12-16(25)21-18-17(19(26)27-3)15(11-28-18)14-8-6-5-7-9-14/h4-9,11H,1,10,12H2,2-3H3,(H,21,25). The van der Waals surface area contributed by atoms with E-state index in [-0.39, 0.29) is 11.7 Å². The van der Waals surface area contributed by atoms with Gasteiger partial charge >= 0.3 is 5.97 Å². The lowest BCUT2D eigenvalue weighted by Crippen LogP contribution is -2.16. The molecule has 7 nitrogen and oxygen atoms in total. The van der Waals surface area contributed by atoms with E-state index in [0.29, 0.717) is 22.3 Å². The maximum Gasteiger partial charge on any atom is 0.341 e. The van der Waals surface area contributed by atoms with Crippen LogP contribution in [0.2, 0.25) is 0 Å². The molecule has 0 radical (unpaired) electrons. The molecule has 2 heterocycles. The average Bonchev–Trinajstić information content (AvgIpc) is 3.31. The van der Waals surface area contributed by atoms with Crippen molar-refractivity contribution in [3.8, 4) is 11.1 Å². The van der Waals surface area contributed by atoms with E-state index in [1.165, 1.54) is 30.2 Å². The highest BCUT2D eigenvalue weighted by atomic mass is 32.2. The van der Waals surface area contributed by atoms with Crippen LogP contribution in [0.1, 0.15) is 16.2 Å². The van der Waals surface area contributed by atoms with E-state index in [1.807, 2.05) is 47.2 Å². The summed E-state index contributed by atoms with van der Waals surface area (Å²) in [4.78, 5) is 24.9. The maximum absolute atomic E-state index is 12.5. The van der Waals surface area contributed by atoms with Crippen LogP contribution in [0.5, 0.6) is 0 Å². The molecular weight excluding hydrogens is 408 g/mol. The fourth-order valence-corrected chi connectivity index (χ4v) is 4.45. The molecule has 1 N–H and O–H groups in total. The third-order valence-corrected chi connectivity index (χ3v) is 5.93. The number of hydrogen-bond acceptors (Lipinski definition) is 7. The SMILES string of the molecule is C=CCn1c(C)nnc1SCC(=O)Nc1scc(-c2ccccc2)c1C(=O)OC. The molecule has 1 amide bonds. The monoisotopic (exact) mass is 428 g/mol. The number of rotatable bonds is 8. The van der Waals surface area contributed by atoms with Crippen molar-refractivity contribution in [2.75, 3.05) is 18.2 Å². The van der Waals surface area contributed by atoms with Crippen LogP contribution in [-0.4, -0.2) is 39.5 Å². The van der Waals surface area contributed by atoms with Gasteiger partial charge in [0, 0.05) is 17.5 Å². The second kappa shape index (κ2) is 9.53. The first-order valence-electron chi connectivity index (χ1n) is 8.73. The number of benzene rings is 1. The number of ether oxygens (including phenoxy) is 1. The molecule has 0 unspecified atom stereocenters. The Hall–Kier alpha value is -2.91. The predicted molar refractivity (Wildman–Crippen MR) is 115 cm³/mol. The van der Waals surface area contributed by atoms with Crippen LogP contribution in [0.15, 0.2) is 53.5 Å². The minimum Gasteiger partial charge on any atom is -0.465 e. The van der Waals surface area contributed by atoms with Crippen molar-refractivity contribution in [2.45, 2.75) is 18.6 Å². The van der Waals surface area contributed by atoms with Gasteiger partial charge in [0.15, 0.2) is 5.16 Å². The van der Waals surface area contributed by atoms with E-state index in [9.17, 15) is 9.59 Å². The number of esters is 1. The highest BCUT2D eigenvalue weighted by Gasteiger charge is 2.22. The number of allylic oxidation sites excluding steroid dienone is 1. The summed E-state index contributed by atoms with van der Waals surface area (Å²) in [7, 11) is 1.32. The van der Waals surface area contributed by atoms with Gasteiger partial charge in [-0.2, -0.15) is 0 Å². The van der Waals surface area contributed by atoms with Crippen LogP contribution in [0.4, 0.5) is 5.00 Å². The minimum atomic E-state index is -0.491. The van der Waals surface area contributed by atoms with Gasteiger partial charge in [0.05, 0.1) is 12.9 Å². The number of amides is 1. The summed E-state index contributed by atoms with van der Waals surface area (Å²) in [5.41, 5.74) is 1.96. The predicted octanol–water partition coefficient (Wildman–Crippen LogP) is 4.02. The third kappa shape index (κ3) is 4.75. The Morgan fingerprint density at radius 1 is 1.31 bits per heavy atom. The van der Waals surface area contributed by atoms with Gasteiger partial charge in [-0.15, -0.1) is 28.1 Å². The second-order valence-corrected chi connectivity index (χ2v) is 7.80. The lowest BCUT2D eigenvalue weighted by Gasteiger charge is -2.08. The summed E-state index contributed by atoms with van der Waals surface area (Å²) in [5, 5.41) is 13.9. The number of hydrogen-bond donors (Lipinski definition) is 1. The lowest BCUT2D eigenvalue weighted by molar-refractivity contribution is -0.113. The van der Waals surface area contributed by atoms with Gasteiger partial charge in [-0.05, 0) is 12.5 Å². The molecule has 0 fully saturated rings. The Bertz CT molecular complexity index is 1030. The zero-order valence-corrected chi connectivity index (χ0v) is 17.7. The Kier molecular flexibility index (Phi) is 6.84. The first kappa shape index (κ1) is 20.8. The highest BCUT2D eigenvalue weighted by Crippen LogP contribution is 2.36. The molecule has 0 bridgehead atoms. The highest BCUT2D eigenvalue weighted by molar-refractivity contribution is 7.99. The zero-order chi connectivity index (χ0) is 20.8. The largest absolute Gasteiger partial charge is 0.465 e. The molecule has 150 valence electrons. The van der Waals surface area contributed by atoms with E-state index in [1.54, 1.807) is 6.08 Å². The first-order valence-corrected chi connectivity index (χ1v) is 10.6. The summed E-state index contributed by atoms with van der Waals surface area (Å²) in [6.45, 7) is 6.14. The van der Waals surface area contributed by atoms with E-state index in [0.717, 1.165) is 17.0 Å². The van der Waals surface area contributed by atoms with Gasteiger partial charge in [0.1, 0.15) is 16.4 Å². The number of thioether (sulfide) groups is 1. The Morgan fingerprint density at radius 3 is 2.76 bits per heavy atom. The Labute approximate surface area is 176 Å². The molecule has 2 aromatic heterocycles. The molecule has 0 aliphatic carbocycles. The number of thiophene rings is 1. The van der Waals surface area contributed by atoms with E-state index in [2.05, 4.69) is 22.1 Å². The summed E-state index contributed by atoms with van der Waals surface area (Å²) in [5.74, 6) is 0.155. The first-order chi connectivity index (χ1) is 14.0. The summed E-state index contributed by atoms with van der Waals surface area (Å²) < 4.78 is 6.81. The number of aryl methyl sites for hydroxylation is 1. The number of aromatic nitrogens is 3. The number of carbonyl (C=O) groups excluding carboxylic acids is 2. The van der Waals surface area contributed by atoms with Crippen molar-refractivity contribution in [3.05, 3.63) is 59.8 Å². The van der Waals surface area contributed by atoms with Gasteiger partial charge in [0.25, 0.3) is 0 Å². The van der Waals surface area contributed by atoms with Crippen LogP contribution < -0.4 is 5.32 Å². The molecule has 3 rings (SSSR count). The summed E-state index contributed by atoms with van der Waals surface area (Å²) in [6, 6.07) is 9.50. The number of methoxy groups -OCH3 is 1.